The third-order valence-electron chi connectivity index (χ3n) is 4.61. The monoisotopic (exact) mass is 489 g/mol. The van der Waals surface area contributed by atoms with Crippen LogP contribution in [-0.4, -0.2) is 27.8 Å². The van der Waals surface area contributed by atoms with Crippen LogP contribution >= 0.6 is 27.7 Å². The van der Waals surface area contributed by atoms with E-state index in [-0.39, 0.29) is 11.5 Å². The van der Waals surface area contributed by atoms with E-state index in [0.717, 1.165) is 22.2 Å². The Morgan fingerprint density at radius 2 is 2.00 bits per heavy atom. The molecule has 0 aliphatic rings. The number of nitrogens with zero attached hydrogens (tertiary/aromatic N) is 2. The molecule has 158 valence electrons. The zero-order valence-corrected chi connectivity index (χ0v) is 19.5. The number of ether oxygens (including phenoxy) is 1. The van der Waals surface area contributed by atoms with Gasteiger partial charge in [-0.05, 0) is 49.2 Å². The van der Waals surface area contributed by atoms with Crippen LogP contribution in [0.3, 0.4) is 0 Å². The molecular formula is C22H24BrN3O3S. The molecule has 0 saturated heterocycles. The van der Waals surface area contributed by atoms with Crippen molar-refractivity contribution < 1.29 is 9.53 Å². The van der Waals surface area contributed by atoms with E-state index in [9.17, 15) is 9.59 Å². The van der Waals surface area contributed by atoms with E-state index in [1.165, 1.54) is 11.8 Å². The van der Waals surface area contributed by atoms with Crippen LogP contribution in [0.1, 0.15) is 25.8 Å². The maximum Gasteiger partial charge on any atom is 0.262 e. The standard InChI is InChI=1S/C22H24BrN3O3S/c1-4-11-26-21(28)18-12-16(23)7-10-19(18)25-22(26)30-14(2)20(27)24-13-15-5-8-17(29-3)9-6-15/h5-10,12,14H,4,11,13H2,1-3H3,(H,24,27). The lowest BCUT2D eigenvalue weighted by atomic mass is 10.2. The maximum atomic E-state index is 13.0. The number of hydrogen-bond acceptors (Lipinski definition) is 5. The second kappa shape index (κ2) is 10.1. The van der Waals surface area contributed by atoms with E-state index in [1.54, 1.807) is 17.7 Å². The van der Waals surface area contributed by atoms with Crippen LogP contribution < -0.4 is 15.6 Å². The molecule has 8 heteroatoms. The molecule has 30 heavy (non-hydrogen) atoms. The summed E-state index contributed by atoms with van der Waals surface area (Å²) in [5.74, 6) is 0.668. The molecule has 0 fully saturated rings. The third kappa shape index (κ3) is 5.23. The summed E-state index contributed by atoms with van der Waals surface area (Å²) in [4.78, 5) is 30.3. The lowest BCUT2D eigenvalue weighted by molar-refractivity contribution is -0.120. The number of fused-ring (bicyclic) bond motifs is 1. The first-order valence-corrected chi connectivity index (χ1v) is 11.4. The third-order valence-corrected chi connectivity index (χ3v) is 6.19. The molecule has 1 aromatic heterocycles. The Morgan fingerprint density at radius 3 is 2.67 bits per heavy atom. The predicted molar refractivity (Wildman–Crippen MR) is 124 cm³/mol. The number of amides is 1. The lowest BCUT2D eigenvalue weighted by Gasteiger charge is -2.16. The Balaban J connectivity index is 1.76. The minimum Gasteiger partial charge on any atom is -0.497 e. The summed E-state index contributed by atoms with van der Waals surface area (Å²) in [6, 6.07) is 13.0. The molecule has 6 nitrogen and oxygen atoms in total. The number of rotatable bonds is 8. The van der Waals surface area contributed by atoms with Gasteiger partial charge in [0.15, 0.2) is 5.16 Å². The Labute approximate surface area is 188 Å². The molecule has 1 amide bonds. The summed E-state index contributed by atoms with van der Waals surface area (Å²) in [6.45, 7) is 4.81. The van der Waals surface area contributed by atoms with Crippen molar-refractivity contribution in [1.29, 1.82) is 0 Å². The highest BCUT2D eigenvalue weighted by molar-refractivity contribution is 9.10. The number of aromatic nitrogens is 2. The van der Waals surface area contributed by atoms with Gasteiger partial charge in [0.1, 0.15) is 5.75 Å². The summed E-state index contributed by atoms with van der Waals surface area (Å²) < 4.78 is 7.65. The Bertz CT molecular complexity index is 1100. The van der Waals surface area contributed by atoms with Gasteiger partial charge in [0, 0.05) is 17.6 Å². The van der Waals surface area contributed by atoms with Crippen molar-refractivity contribution in [3.8, 4) is 5.75 Å². The molecular weight excluding hydrogens is 466 g/mol. The maximum absolute atomic E-state index is 13.0. The zero-order chi connectivity index (χ0) is 21.7. The van der Waals surface area contributed by atoms with Gasteiger partial charge in [-0.1, -0.05) is 46.7 Å². The van der Waals surface area contributed by atoms with E-state index in [1.807, 2.05) is 50.2 Å². The number of hydrogen-bond donors (Lipinski definition) is 1. The molecule has 0 saturated carbocycles. The van der Waals surface area contributed by atoms with Crippen molar-refractivity contribution in [1.82, 2.24) is 14.9 Å². The molecule has 0 spiro atoms. The van der Waals surface area contributed by atoms with Crippen molar-refractivity contribution in [3.63, 3.8) is 0 Å². The van der Waals surface area contributed by atoms with E-state index >= 15 is 0 Å². The predicted octanol–water partition coefficient (Wildman–Crippen LogP) is 4.37. The van der Waals surface area contributed by atoms with Gasteiger partial charge in [-0.25, -0.2) is 4.98 Å². The normalized spacial score (nSPS) is 12.0. The highest BCUT2D eigenvalue weighted by Gasteiger charge is 2.19. The fraction of sp³-hybridized carbons (Fsp3) is 0.318. The van der Waals surface area contributed by atoms with Crippen LogP contribution in [0.15, 0.2) is 56.9 Å². The van der Waals surface area contributed by atoms with Crippen LogP contribution in [0.25, 0.3) is 10.9 Å². The summed E-state index contributed by atoms with van der Waals surface area (Å²) in [6.07, 6.45) is 0.798. The molecule has 0 radical (unpaired) electrons. The highest BCUT2D eigenvalue weighted by atomic mass is 79.9. The van der Waals surface area contributed by atoms with E-state index < -0.39 is 5.25 Å². The molecule has 1 unspecified atom stereocenters. The van der Waals surface area contributed by atoms with Crippen molar-refractivity contribution >= 4 is 44.5 Å². The molecule has 1 atom stereocenters. The summed E-state index contributed by atoms with van der Waals surface area (Å²) in [7, 11) is 1.62. The first-order chi connectivity index (χ1) is 14.4. The largest absolute Gasteiger partial charge is 0.497 e. The summed E-state index contributed by atoms with van der Waals surface area (Å²) >= 11 is 4.71. The van der Waals surface area contributed by atoms with Crippen LogP contribution in [0.5, 0.6) is 5.75 Å². The fourth-order valence-electron chi connectivity index (χ4n) is 2.97. The first-order valence-electron chi connectivity index (χ1n) is 9.70. The molecule has 1 heterocycles. The van der Waals surface area contributed by atoms with Gasteiger partial charge >= 0.3 is 0 Å². The summed E-state index contributed by atoms with van der Waals surface area (Å²) in [5, 5.41) is 3.68. The van der Waals surface area contributed by atoms with Crippen molar-refractivity contribution in [3.05, 3.63) is 62.9 Å². The summed E-state index contributed by atoms with van der Waals surface area (Å²) in [5.41, 5.74) is 1.53. The number of benzene rings is 2. The first kappa shape index (κ1) is 22.4. The molecule has 2 aromatic carbocycles. The number of halogens is 1. The Kier molecular flexibility index (Phi) is 7.55. The van der Waals surface area contributed by atoms with Gasteiger partial charge in [-0.3, -0.25) is 14.2 Å². The van der Waals surface area contributed by atoms with Gasteiger partial charge in [0.2, 0.25) is 5.91 Å². The quantitative estimate of drug-likeness (QED) is 0.375. The number of carbonyl (C=O) groups is 1. The topological polar surface area (TPSA) is 73.2 Å². The number of carbonyl (C=O) groups excluding carboxylic acids is 1. The average molecular weight is 490 g/mol. The lowest BCUT2D eigenvalue weighted by Crippen LogP contribution is -2.31. The van der Waals surface area contributed by atoms with E-state index in [4.69, 9.17) is 4.74 Å². The van der Waals surface area contributed by atoms with Gasteiger partial charge in [0.25, 0.3) is 5.56 Å². The molecule has 3 aromatic rings. The average Bonchev–Trinajstić information content (AvgIpc) is 2.75. The van der Waals surface area contributed by atoms with Gasteiger partial charge < -0.3 is 10.1 Å². The Hall–Kier alpha value is -2.32. The molecule has 0 bridgehead atoms. The highest BCUT2D eigenvalue weighted by Crippen LogP contribution is 2.24. The molecule has 1 N–H and O–H groups in total. The van der Waals surface area contributed by atoms with Crippen molar-refractivity contribution in [2.24, 2.45) is 0 Å². The number of methoxy groups -OCH3 is 1. The van der Waals surface area contributed by atoms with Crippen molar-refractivity contribution in [2.75, 3.05) is 7.11 Å². The minimum absolute atomic E-state index is 0.0866. The SMILES string of the molecule is CCCn1c(SC(C)C(=O)NCc2ccc(OC)cc2)nc2ccc(Br)cc2c1=O. The molecule has 3 rings (SSSR count). The van der Waals surface area contributed by atoms with E-state index in [2.05, 4.69) is 26.2 Å². The zero-order valence-electron chi connectivity index (χ0n) is 17.1. The van der Waals surface area contributed by atoms with Crippen molar-refractivity contribution in [2.45, 2.75) is 43.8 Å². The van der Waals surface area contributed by atoms with Crippen LogP contribution in [0.4, 0.5) is 0 Å². The minimum atomic E-state index is -0.397. The van der Waals surface area contributed by atoms with Crippen LogP contribution in [0, 0.1) is 0 Å². The van der Waals surface area contributed by atoms with Crippen LogP contribution in [0.2, 0.25) is 0 Å². The Morgan fingerprint density at radius 1 is 1.27 bits per heavy atom. The second-order valence-corrected chi connectivity index (χ2v) is 9.06. The van der Waals surface area contributed by atoms with Gasteiger partial charge in [0.05, 0.1) is 23.3 Å². The van der Waals surface area contributed by atoms with Crippen LogP contribution in [-0.2, 0) is 17.9 Å². The molecule has 0 aliphatic heterocycles. The molecule has 0 aliphatic carbocycles. The fourth-order valence-corrected chi connectivity index (χ4v) is 4.29. The number of thioether (sulfide) groups is 1. The second-order valence-electron chi connectivity index (χ2n) is 6.84. The van der Waals surface area contributed by atoms with E-state index in [0.29, 0.717) is 29.1 Å². The number of nitrogens with one attached hydrogen (secondary N) is 1. The van der Waals surface area contributed by atoms with Gasteiger partial charge in [-0.15, -0.1) is 0 Å². The smallest absolute Gasteiger partial charge is 0.262 e. The van der Waals surface area contributed by atoms with Gasteiger partial charge in [-0.2, -0.15) is 0 Å².